The minimum absolute atomic E-state index is 0.151. The summed E-state index contributed by atoms with van der Waals surface area (Å²) in [4.78, 5) is 10.6. The van der Waals surface area contributed by atoms with Crippen LogP contribution in [0.1, 0.15) is 26.7 Å². The van der Waals surface area contributed by atoms with E-state index in [1.807, 2.05) is 13.8 Å². The molecule has 0 bridgehead atoms. The maximum Gasteiger partial charge on any atom is 0.244 e. The summed E-state index contributed by atoms with van der Waals surface area (Å²) >= 11 is 0. The van der Waals surface area contributed by atoms with Gasteiger partial charge in [0.25, 0.3) is 0 Å². The Labute approximate surface area is 66.7 Å². The minimum Gasteiger partial charge on any atom is -0.327 e. The highest BCUT2D eigenvalue weighted by molar-refractivity contribution is 5.75. The van der Waals surface area contributed by atoms with Crippen molar-refractivity contribution >= 4 is 5.91 Å². The Kier molecular flexibility index (Phi) is 4.81. The molecule has 4 N–H and O–H groups in total. The molecule has 4 nitrogen and oxygen atoms in total. The number of amides is 1. The zero-order valence-corrected chi connectivity index (χ0v) is 7.00. The fraction of sp³-hybridized carbons (Fsp3) is 0.857. The third-order valence-corrected chi connectivity index (χ3v) is 1.35. The number of hydrogen-bond donors (Lipinski definition) is 3. The van der Waals surface area contributed by atoms with E-state index < -0.39 is 5.91 Å². The van der Waals surface area contributed by atoms with Crippen molar-refractivity contribution in [2.45, 2.75) is 32.7 Å². The van der Waals surface area contributed by atoms with Crippen LogP contribution in [0.25, 0.3) is 0 Å². The maximum absolute atomic E-state index is 10.6. The van der Waals surface area contributed by atoms with E-state index in [4.69, 9.17) is 10.9 Å². The van der Waals surface area contributed by atoms with E-state index >= 15 is 0 Å². The first kappa shape index (κ1) is 10.4. The average molecular weight is 160 g/mol. The molecule has 66 valence electrons. The molecule has 0 aliphatic carbocycles. The van der Waals surface area contributed by atoms with Gasteiger partial charge in [-0.1, -0.05) is 13.8 Å². The number of carbonyl (C=O) groups is 1. The number of carbonyl (C=O) groups excluding carboxylic acids is 1. The summed E-state index contributed by atoms with van der Waals surface area (Å²) in [6.07, 6.45) is 0.988. The van der Waals surface area contributed by atoms with E-state index in [0.29, 0.717) is 5.92 Å². The summed E-state index contributed by atoms with van der Waals surface area (Å²) in [5, 5.41) is 8.16. The highest BCUT2D eigenvalue weighted by Gasteiger charge is 2.09. The zero-order valence-electron chi connectivity index (χ0n) is 7.00. The number of nitrogens with one attached hydrogen (secondary N) is 1. The predicted molar refractivity (Wildman–Crippen MR) is 42.0 cm³/mol. The fourth-order valence-corrected chi connectivity index (χ4v) is 0.973. The normalized spacial score (nSPS) is 13.2. The maximum atomic E-state index is 10.6. The Morgan fingerprint density at radius 2 is 2.18 bits per heavy atom. The van der Waals surface area contributed by atoms with E-state index in [2.05, 4.69) is 0 Å². The van der Waals surface area contributed by atoms with E-state index in [0.717, 1.165) is 6.42 Å². The van der Waals surface area contributed by atoms with Crippen molar-refractivity contribution < 1.29 is 10.0 Å². The Hall–Kier alpha value is -0.610. The van der Waals surface area contributed by atoms with Crippen molar-refractivity contribution in [2.24, 2.45) is 11.7 Å². The number of hydrogen-bond acceptors (Lipinski definition) is 3. The molecular formula is C7H16N2O2. The lowest BCUT2D eigenvalue weighted by Crippen LogP contribution is -2.30. The molecule has 0 rings (SSSR count). The van der Waals surface area contributed by atoms with Crippen LogP contribution in [0, 0.1) is 5.92 Å². The molecule has 0 aromatic carbocycles. The standard InChI is InChI=1S/C7H16N2O2/c1-5(2)3-6(8)4-7(10)9-11/h5-6,11H,3-4,8H2,1-2H3,(H,9,10)/t6-/m1/s1. The molecule has 1 atom stereocenters. The summed E-state index contributed by atoms with van der Waals surface area (Å²) in [6.45, 7) is 4.08. The van der Waals surface area contributed by atoms with Crippen molar-refractivity contribution in [2.75, 3.05) is 0 Å². The molecule has 0 unspecified atom stereocenters. The molecule has 0 aromatic rings. The molecule has 0 aliphatic rings. The first-order valence-corrected chi connectivity index (χ1v) is 3.74. The molecule has 0 radical (unpaired) electrons. The van der Waals surface area contributed by atoms with Crippen LogP contribution in [-0.2, 0) is 4.79 Å². The molecule has 0 spiro atoms. The summed E-state index contributed by atoms with van der Waals surface area (Å²) in [5.41, 5.74) is 7.13. The predicted octanol–water partition coefficient (Wildman–Crippen LogP) is 0.255. The summed E-state index contributed by atoms with van der Waals surface area (Å²) in [5.74, 6) is 0.0645. The first-order chi connectivity index (χ1) is 5.06. The Balaban J connectivity index is 3.51. The molecule has 4 heteroatoms. The second kappa shape index (κ2) is 5.09. The van der Waals surface area contributed by atoms with E-state index in [-0.39, 0.29) is 12.5 Å². The van der Waals surface area contributed by atoms with Gasteiger partial charge < -0.3 is 5.73 Å². The minimum atomic E-state index is -0.418. The lowest BCUT2D eigenvalue weighted by molar-refractivity contribution is -0.129. The van der Waals surface area contributed by atoms with Crippen molar-refractivity contribution in [1.29, 1.82) is 0 Å². The topological polar surface area (TPSA) is 75.4 Å². The number of nitrogens with two attached hydrogens (primary N) is 1. The first-order valence-electron chi connectivity index (χ1n) is 3.74. The molecule has 1 amide bonds. The smallest absolute Gasteiger partial charge is 0.244 e. The van der Waals surface area contributed by atoms with Gasteiger partial charge in [-0.2, -0.15) is 0 Å². The van der Waals surface area contributed by atoms with Crippen LogP contribution in [0.3, 0.4) is 0 Å². The zero-order chi connectivity index (χ0) is 8.85. The SMILES string of the molecule is CC(C)C[C@@H](N)CC(=O)NO. The monoisotopic (exact) mass is 160 g/mol. The van der Waals surface area contributed by atoms with Crippen LogP contribution in [0.15, 0.2) is 0 Å². The summed E-state index contributed by atoms with van der Waals surface area (Å²) in [7, 11) is 0. The molecule has 0 aliphatic heterocycles. The van der Waals surface area contributed by atoms with Gasteiger partial charge in [0, 0.05) is 12.5 Å². The third kappa shape index (κ3) is 5.82. The highest BCUT2D eigenvalue weighted by Crippen LogP contribution is 2.04. The number of hydroxylamine groups is 1. The van der Waals surface area contributed by atoms with Gasteiger partial charge in [0.2, 0.25) is 5.91 Å². The van der Waals surface area contributed by atoms with Crippen LogP contribution in [-0.4, -0.2) is 17.2 Å². The molecule has 0 heterocycles. The summed E-state index contributed by atoms with van der Waals surface area (Å²) < 4.78 is 0. The van der Waals surface area contributed by atoms with Crippen molar-refractivity contribution in [3.63, 3.8) is 0 Å². The van der Waals surface area contributed by atoms with Gasteiger partial charge >= 0.3 is 0 Å². The van der Waals surface area contributed by atoms with Crippen LogP contribution < -0.4 is 11.2 Å². The second-order valence-electron chi connectivity index (χ2n) is 3.13. The van der Waals surface area contributed by atoms with Crippen molar-refractivity contribution in [3.8, 4) is 0 Å². The molecule has 11 heavy (non-hydrogen) atoms. The van der Waals surface area contributed by atoms with E-state index in [1.54, 1.807) is 5.48 Å². The van der Waals surface area contributed by atoms with Crippen LogP contribution >= 0.6 is 0 Å². The number of rotatable bonds is 4. The molecule has 0 saturated carbocycles. The van der Waals surface area contributed by atoms with Gasteiger partial charge in [-0.15, -0.1) is 0 Å². The fourth-order valence-electron chi connectivity index (χ4n) is 0.973. The summed E-state index contributed by atoms with van der Waals surface area (Å²) in [6, 6.07) is -0.151. The van der Waals surface area contributed by atoms with Gasteiger partial charge in [0.05, 0.1) is 0 Å². The Bertz CT molecular complexity index is 126. The van der Waals surface area contributed by atoms with Crippen LogP contribution in [0.5, 0.6) is 0 Å². The van der Waals surface area contributed by atoms with E-state index in [1.165, 1.54) is 0 Å². The quantitative estimate of drug-likeness (QED) is 0.408. The second-order valence-corrected chi connectivity index (χ2v) is 3.13. The highest BCUT2D eigenvalue weighted by atomic mass is 16.5. The van der Waals surface area contributed by atoms with Gasteiger partial charge in [-0.25, -0.2) is 5.48 Å². The van der Waals surface area contributed by atoms with Gasteiger partial charge in [0.1, 0.15) is 0 Å². The largest absolute Gasteiger partial charge is 0.327 e. The lowest BCUT2D eigenvalue weighted by Gasteiger charge is -2.11. The Morgan fingerprint density at radius 1 is 1.64 bits per heavy atom. The van der Waals surface area contributed by atoms with Crippen LogP contribution in [0.4, 0.5) is 0 Å². The van der Waals surface area contributed by atoms with Gasteiger partial charge in [-0.05, 0) is 12.3 Å². The Morgan fingerprint density at radius 3 is 2.55 bits per heavy atom. The molecular weight excluding hydrogens is 144 g/mol. The van der Waals surface area contributed by atoms with Gasteiger partial charge in [0.15, 0.2) is 0 Å². The van der Waals surface area contributed by atoms with E-state index in [9.17, 15) is 4.79 Å². The lowest BCUT2D eigenvalue weighted by atomic mass is 10.0. The van der Waals surface area contributed by atoms with Crippen LogP contribution in [0.2, 0.25) is 0 Å². The average Bonchev–Trinajstić information content (AvgIpc) is 1.85. The third-order valence-electron chi connectivity index (χ3n) is 1.35. The van der Waals surface area contributed by atoms with Crippen molar-refractivity contribution in [1.82, 2.24) is 5.48 Å². The van der Waals surface area contributed by atoms with Crippen molar-refractivity contribution in [3.05, 3.63) is 0 Å². The molecule has 0 saturated heterocycles. The van der Waals surface area contributed by atoms with Gasteiger partial charge in [-0.3, -0.25) is 10.0 Å². The molecule has 0 fully saturated rings. The molecule has 0 aromatic heterocycles.